The van der Waals surface area contributed by atoms with E-state index in [1.807, 2.05) is 26.8 Å². The van der Waals surface area contributed by atoms with Crippen molar-refractivity contribution < 1.29 is 19.8 Å². The van der Waals surface area contributed by atoms with Gasteiger partial charge in [0, 0.05) is 18.3 Å². The van der Waals surface area contributed by atoms with Crippen LogP contribution in [0.1, 0.15) is 52.9 Å². The maximum atomic E-state index is 11.8. The summed E-state index contributed by atoms with van der Waals surface area (Å²) in [4.78, 5) is 22.4. The van der Waals surface area contributed by atoms with Crippen LogP contribution in [0.3, 0.4) is 0 Å². The smallest absolute Gasteiger partial charge is 0.303 e. The first-order valence-electron chi connectivity index (χ1n) is 7.02. The van der Waals surface area contributed by atoms with E-state index in [2.05, 4.69) is 0 Å². The van der Waals surface area contributed by atoms with E-state index >= 15 is 0 Å². The third-order valence-electron chi connectivity index (χ3n) is 4.24. The van der Waals surface area contributed by atoms with E-state index in [1.54, 1.807) is 0 Å². The Balaban J connectivity index is 2.86. The molecule has 4 heteroatoms. The van der Waals surface area contributed by atoms with E-state index in [1.165, 1.54) is 0 Å². The quantitative estimate of drug-likeness (QED) is 0.734. The highest BCUT2D eigenvalue weighted by molar-refractivity contribution is 5.96. The van der Waals surface area contributed by atoms with Crippen LogP contribution in [0.2, 0.25) is 0 Å². The largest absolute Gasteiger partial charge is 0.481 e. The van der Waals surface area contributed by atoms with Crippen molar-refractivity contribution in [3.05, 3.63) is 22.8 Å². The van der Waals surface area contributed by atoms with Crippen molar-refractivity contribution in [3.63, 3.8) is 0 Å². The maximum absolute atomic E-state index is 11.8. The molecule has 0 aromatic carbocycles. The molecule has 4 nitrogen and oxygen atoms in total. The number of aliphatic carboxylic acids is 1. The second-order valence-electron chi connectivity index (χ2n) is 5.89. The van der Waals surface area contributed by atoms with Gasteiger partial charge in [0.25, 0.3) is 0 Å². The van der Waals surface area contributed by atoms with Gasteiger partial charge < -0.3 is 10.2 Å². The molecule has 0 spiro atoms. The topological polar surface area (TPSA) is 74.6 Å². The third-order valence-corrected chi connectivity index (χ3v) is 4.24. The number of ketones is 1. The fourth-order valence-corrected chi connectivity index (χ4v) is 2.61. The highest BCUT2D eigenvalue weighted by Crippen LogP contribution is 2.40. The van der Waals surface area contributed by atoms with Crippen LogP contribution in [0.5, 0.6) is 0 Å². The molecular weight excluding hydrogens is 256 g/mol. The number of Topliss-reactive ketones (excluding diaryl/α,β-unsaturated/α-hetero) is 1. The minimum Gasteiger partial charge on any atom is -0.481 e. The summed E-state index contributed by atoms with van der Waals surface area (Å²) in [7, 11) is 0. The van der Waals surface area contributed by atoms with Crippen LogP contribution in [-0.2, 0) is 9.59 Å². The van der Waals surface area contributed by atoms with E-state index in [9.17, 15) is 14.7 Å². The van der Waals surface area contributed by atoms with Crippen LogP contribution in [0.15, 0.2) is 22.8 Å². The van der Waals surface area contributed by atoms with Gasteiger partial charge in [-0.15, -0.1) is 0 Å². The summed E-state index contributed by atoms with van der Waals surface area (Å²) in [6.07, 6.45) is 4.40. The Morgan fingerprint density at radius 1 is 1.40 bits per heavy atom. The number of aliphatic hydroxyl groups is 1. The minimum absolute atomic E-state index is 0.0367. The number of carboxylic acids is 1. The van der Waals surface area contributed by atoms with Gasteiger partial charge in [-0.3, -0.25) is 9.59 Å². The van der Waals surface area contributed by atoms with Crippen molar-refractivity contribution in [2.24, 2.45) is 5.41 Å². The van der Waals surface area contributed by atoms with E-state index < -0.39 is 5.97 Å². The summed E-state index contributed by atoms with van der Waals surface area (Å²) in [5.74, 6) is -0.649. The molecule has 1 unspecified atom stereocenters. The number of aliphatic hydroxyl groups excluding tert-OH is 1. The zero-order valence-electron chi connectivity index (χ0n) is 12.5. The average Bonchev–Trinajstić information content (AvgIpc) is 2.41. The van der Waals surface area contributed by atoms with Crippen LogP contribution >= 0.6 is 0 Å². The highest BCUT2D eigenvalue weighted by Gasteiger charge is 2.34. The molecule has 0 aliphatic heterocycles. The molecule has 0 bridgehead atoms. The van der Waals surface area contributed by atoms with Gasteiger partial charge in [0.1, 0.15) is 0 Å². The molecule has 0 heterocycles. The Labute approximate surface area is 120 Å². The summed E-state index contributed by atoms with van der Waals surface area (Å²) in [5, 5.41) is 18.3. The molecule has 1 aliphatic rings. The second kappa shape index (κ2) is 6.84. The number of carbonyl (C=O) groups is 2. The molecule has 20 heavy (non-hydrogen) atoms. The number of hydrogen-bond acceptors (Lipinski definition) is 3. The number of hydrogen-bond donors (Lipinski definition) is 2. The fraction of sp³-hybridized carbons (Fsp3) is 0.625. The third kappa shape index (κ3) is 4.04. The van der Waals surface area contributed by atoms with E-state index in [0.717, 1.165) is 16.7 Å². The van der Waals surface area contributed by atoms with Crippen LogP contribution in [0.25, 0.3) is 0 Å². The van der Waals surface area contributed by atoms with Gasteiger partial charge in [0.2, 0.25) is 0 Å². The van der Waals surface area contributed by atoms with Crippen LogP contribution in [-0.4, -0.2) is 28.6 Å². The van der Waals surface area contributed by atoms with Gasteiger partial charge in [-0.25, -0.2) is 0 Å². The predicted molar refractivity (Wildman–Crippen MR) is 77.4 cm³/mol. The average molecular weight is 280 g/mol. The zero-order chi connectivity index (χ0) is 15.3. The Bertz CT molecular complexity index is 459. The molecule has 1 atom stereocenters. The van der Waals surface area contributed by atoms with Gasteiger partial charge >= 0.3 is 5.97 Å². The van der Waals surface area contributed by atoms with Gasteiger partial charge in [-0.2, -0.15) is 0 Å². The number of carbonyl (C=O) groups excluding carboxylic acids is 1. The summed E-state index contributed by atoms with van der Waals surface area (Å²) in [5.41, 5.74) is 2.42. The lowest BCUT2D eigenvalue weighted by Crippen LogP contribution is -2.31. The van der Waals surface area contributed by atoms with E-state index in [0.29, 0.717) is 25.7 Å². The molecule has 2 N–H and O–H groups in total. The fourth-order valence-electron chi connectivity index (χ4n) is 2.61. The lowest BCUT2D eigenvalue weighted by atomic mass is 9.70. The summed E-state index contributed by atoms with van der Waals surface area (Å²) in [6, 6.07) is 0. The van der Waals surface area contributed by atoms with Crippen molar-refractivity contribution in [1.82, 2.24) is 0 Å². The number of rotatable bonds is 6. The van der Waals surface area contributed by atoms with Crippen molar-refractivity contribution >= 4 is 11.8 Å². The first kappa shape index (κ1) is 16.6. The van der Waals surface area contributed by atoms with Crippen molar-refractivity contribution in [3.8, 4) is 0 Å². The normalized spacial score (nSPS) is 24.2. The van der Waals surface area contributed by atoms with Gasteiger partial charge in [-0.1, -0.05) is 24.1 Å². The van der Waals surface area contributed by atoms with Crippen LogP contribution in [0, 0.1) is 5.41 Å². The zero-order valence-corrected chi connectivity index (χ0v) is 12.5. The molecule has 0 fully saturated rings. The summed E-state index contributed by atoms with van der Waals surface area (Å²) in [6.45, 7) is 5.75. The number of allylic oxidation sites excluding steroid dienone is 3. The summed E-state index contributed by atoms with van der Waals surface area (Å²) < 4.78 is 0. The lowest BCUT2D eigenvalue weighted by molar-refractivity contribution is -0.137. The lowest BCUT2D eigenvalue weighted by Gasteiger charge is -2.35. The van der Waals surface area contributed by atoms with Crippen molar-refractivity contribution in [2.45, 2.75) is 52.9 Å². The van der Waals surface area contributed by atoms with Crippen molar-refractivity contribution in [2.75, 3.05) is 6.61 Å². The molecule has 0 saturated carbocycles. The molecular formula is C16H24O4. The first-order valence-corrected chi connectivity index (χ1v) is 7.02. The molecule has 1 aliphatic carbocycles. The molecule has 1 rings (SSSR count). The standard InChI is InChI=1S/C16H24O4/c1-11(5-7-15(19)20)4-6-13-12(2)14(18)8-9-16(13,3)10-17/h4,17H,5-10H2,1-3H3,(H,19,20). The molecule has 0 saturated heterocycles. The minimum atomic E-state index is -0.804. The second-order valence-corrected chi connectivity index (χ2v) is 5.89. The van der Waals surface area contributed by atoms with E-state index in [4.69, 9.17) is 5.11 Å². The molecule has 0 amide bonds. The molecule has 0 radical (unpaired) electrons. The Morgan fingerprint density at radius 3 is 2.60 bits per heavy atom. The van der Waals surface area contributed by atoms with E-state index in [-0.39, 0.29) is 24.2 Å². The molecule has 0 aromatic heterocycles. The Kier molecular flexibility index (Phi) is 5.69. The van der Waals surface area contributed by atoms with Gasteiger partial charge in [0.05, 0.1) is 6.61 Å². The van der Waals surface area contributed by atoms with Crippen molar-refractivity contribution in [1.29, 1.82) is 0 Å². The Morgan fingerprint density at radius 2 is 2.05 bits per heavy atom. The van der Waals surface area contributed by atoms with Crippen LogP contribution in [0.4, 0.5) is 0 Å². The highest BCUT2D eigenvalue weighted by atomic mass is 16.4. The van der Waals surface area contributed by atoms with Gasteiger partial charge in [-0.05, 0) is 38.7 Å². The summed E-state index contributed by atoms with van der Waals surface area (Å²) >= 11 is 0. The van der Waals surface area contributed by atoms with Crippen LogP contribution < -0.4 is 0 Å². The monoisotopic (exact) mass is 280 g/mol. The number of carboxylic acid groups (broad SMARTS) is 1. The molecule has 0 aromatic rings. The predicted octanol–water partition coefficient (Wildman–Crippen LogP) is 2.87. The molecule has 112 valence electrons. The SMILES string of the molecule is CC(=CCC1=C(C)C(=O)CCC1(C)CO)CCC(=O)O. The Hall–Kier alpha value is -1.42. The van der Waals surface area contributed by atoms with Gasteiger partial charge in [0.15, 0.2) is 5.78 Å². The maximum Gasteiger partial charge on any atom is 0.303 e. The first-order chi connectivity index (χ1) is 9.30.